The van der Waals surface area contributed by atoms with Gasteiger partial charge < -0.3 is 19.9 Å². The highest BCUT2D eigenvalue weighted by Crippen LogP contribution is 2.15. The normalized spacial score (nSPS) is 16.6. The van der Waals surface area contributed by atoms with E-state index in [-0.39, 0.29) is 5.91 Å². The molecule has 2 rings (SSSR count). The summed E-state index contributed by atoms with van der Waals surface area (Å²) < 4.78 is 7.32. The zero-order valence-electron chi connectivity index (χ0n) is 10.9. The standard InChI is InChI=1S/C13H21N3O2/c1-2-4-16-10-11(14)9-12(16)13(17)15-5-3-7-18-8-6-15/h9-10H,2-8,14H2,1H3. The van der Waals surface area contributed by atoms with Gasteiger partial charge in [0.15, 0.2) is 0 Å². The molecule has 1 aliphatic heterocycles. The van der Waals surface area contributed by atoms with Crippen molar-refractivity contribution in [3.8, 4) is 0 Å². The Kier molecular flexibility index (Phi) is 4.25. The lowest BCUT2D eigenvalue weighted by molar-refractivity contribution is 0.0730. The molecule has 0 unspecified atom stereocenters. The molecule has 18 heavy (non-hydrogen) atoms. The van der Waals surface area contributed by atoms with Crippen molar-refractivity contribution in [1.29, 1.82) is 0 Å². The van der Waals surface area contributed by atoms with E-state index in [0.29, 0.717) is 24.5 Å². The average molecular weight is 251 g/mol. The second-order valence-corrected chi connectivity index (χ2v) is 4.61. The Morgan fingerprint density at radius 2 is 2.28 bits per heavy atom. The van der Waals surface area contributed by atoms with Crippen LogP contribution in [-0.2, 0) is 11.3 Å². The number of rotatable bonds is 3. The number of anilines is 1. The van der Waals surface area contributed by atoms with Gasteiger partial charge in [-0.2, -0.15) is 0 Å². The molecule has 0 aliphatic carbocycles. The number of nitrogen functional groups attached to an aromatic ring is 1. The predicted molar refractivity (Wildman–Crippen MR) is 70.5 cm³/mol. The van der Waals surface area contributed by atoms with Crippen LogP contribution >= 0.6 is 0 Å². The Morgan fingerprint density at radius 3 is 3.06 bits per heavy atom. The van der Waals surface area contributed by atoms with Gasteiger partial charge in [0.05, 0.1) is 12.3 Å². The molecule has 1 fully saturated rings. The largest absolute Gasteiger partial charge is 0.397 e. The van der Waals surface area contributed by atoms with E-state index < -0.39 is 0 Å². The summed E-state index contributed by atoms with van der Waals surface area (Å²) in [6, 6.07) is 1.77. The fraction of sp³-hybridized carbons (Fsp3) is 0.615. The molecule has 1 aromatic heterocycles. The van der Waals surface area contributed by atoms with Gasteiger partial charge in [0, 0.05) is 32.4 Å². The van der Waals surface area contributed by atoms with Crippen LogP contribution in [0.25, 0.3) is 0 Å². The van der Waals surface area contributed by atoms with Crippen LogP contribution < -0.4 is 5.73 Å². The zero-order valence-corrected chi connectivity index (χ0v) is 10.9. The van der Waals surface area contributed by atoms with Gasteiger partial charge in [-0.3, -0.25) is 4.79 Å². The van der Waals surface area contributed by atoms with Gasteiger partial charge in [-0.15, -0.1) is 0 Å². The summed E-state index contributed by atoms with van der Waals surface area (Å²) in [6.45, 7) is 5.69. The van der Waals surface area contributed by atoms with Crippen LogP contribution in [0.1, 0.15) is 30.3 Å². The van der Waals surface area contributed by atoms with Crippen LogP contribution in [0.5, 0.6) is 0 Å². The molecular formula is C13H21N3O2. The van der Waals surface area contributed by atoms with Crippen LogP contribution in [0.4, 0.5) is 5.69 Å². The van der Waals surface area contributed by atoms with Crippen molar-refractivity contribution in [2.75, 3.05) is 32.0 Å². The van der Waals surface area contributed by atoms with Gasteiger partial charge in [-0.05, 0) is 18.9 Å². The third-order valence-electron chi connectivity index (χ3n) is 3.11. The lowest BCUT2D eigenvalue weighted by atomic mass is 10.3. The Bertz CT molecular complexity index is 406. The maximum Gasteiger partial charge on any atom is 0.270 e. The fourth-order valence-electron chi connectivity index (χ4n) is 2.25. The maximum absolute atomic E-state index is 12.5. The van der Waals surface area contributed by atoms with Crippen molar-refractivity contribution in [3.05, 3.63) is 18.0 Å². The Morgan fingerprint density at radius 1 is 1.44 bits per heavy atom. The van der Waals surface area contributed by atoms with Crippen LogP contribution in [0.3, 0.4) is 0 Å². The summed E-state index contributed by atoms with van der Waals surface area (Å²) in [5, 5.41) is 0. The number of carbonyl (C=O) groups excluding carboxylic acids is 1. The third kappa shape index (κ3) is 2.85. The molecule has 0 radical (unpaired) electrons. The van der Waals surface area contributed by atoms with Gasteiger partial charge in [-0.25, -0.2) is 0 Å². The molecular weight excluding hydrogens is 230 g/mol. The fourth-order valence-corrected chi connectivity index (χ4v) is 2.25. The van der Waals surface area contributed by atoms with Gasteiger partial charge >= 0.3 is 0 Å². The molecule has 100 valence electrons. The summed E-state index contributed by atoms with van der Waals surface area (Å²) >= 11 is 0. The predicted octanol–water partition coefficient (Wildman–Crippen LogP) is 1.34. The second-order valence-electron chi connectivity index (χ2n) is 4.61. The first kappa shape index (κ1) is 13.0. The summed E-state index contributed by atoms with van der Waals surface area (Å²) in [6.07, 6.45) is 3.72. The highest BCUT2D eigenvalue weighted by Gasteiger charge is 2.20. The van der Waals surface area contributed by atoms with Crippen molar-refractivity contribution < 1.29 is 9.53 Å². The van der Waals surface area contributed by atoms with E-state index in [1.807, 2.05) is 15.7 Å². The van der Waals surface area contributed by atoms with Crippen LogP contribution in [0.15, 0.2) is 12.3 Å². The van der Waals surface area contributed by atoms with E-state index >= 15 is 0 Å². The number of ether oxygens (including phenoxy) is 1. The summed E-state index contributed by atoms with van der Waals surface area (Å²) in [5.41, 5.74) is 7.13. The van der Waals surface area contributed by atoms with E-state index in [0.717, 1.165) is 32.5 Å². The van der Waals surface area contributed by atoms with Crippen molar-refractivity contribution >= 4 is 11.6 Å². The van der Waals surface area contributed by atoms with E-state index in [1.54, 1.807) is 6.07 Å². The van der Waals surface area contributed by atoms with Gasteiger partial charge in [0.1, 0.15) is 5.69 Å². The molecule has 1 amide bonds. The van der Waals surface area contributed by atoms with Crippen molar-refractivity contribution in [3.63, 3.8) is 0 Å². The van der Waals surface area contributed by atoms with Crippen molar-refractivity contribution in [2.24, 2.45) is 0 Å². The summed E-state index contributed by atoms with van der Waals surface area (Å²) in [7, 11) is 0. The number of carbonyl (C=O) groups is 1. The molecule has 0 atom stereocenters. The number of aromatic nitrogens is 1. The molecule has 1 saturated heterocycles. The molecule has 5 heteroatoms. The first-order valence-electron chi connectivity index (χ1n) is 6.55. The van der Waals surface area contributed by atoms with E-state index in [9.17, 15) is 4.79 Å². The topological polar surface area (TPSA) is 60.5 Å². The zero-order chi connectivity index (χ0) is 13.0. The highest BCUT2D eigenvalue weighted by molar-refractivity contribution is 5.93. The Balaban J connectivity index is 2.16. The summed E-state index contributed by atoms with van der Waals surface area (Å²) in [5.74, 6) is 0.0608. The molecule has 2 N–H and O–H groups in total. The molecule has 0 bridgehead atoms. The SMILES string of the molecule is CCCn1cc(N)cc1C(=O)N1CCCOCC1. The first-order chi connectivity index (χ1) is 8.72. The molecule has 5 nitrogen and oxygen atoms in total. The monoisotopic (exact) mass is 251 g/mol. The van der Waals surface area contributed by atoms with Crippen LogP contribution in [-0.4, -0.2) is 41.7 Å². The van der Waals surface area contributed by atoms with Crippen molar-refractivity contribution in [1.82, 2.24) is 9.47 Å². The molecule has 1 aliphatic rings. The molecule has 2 heterocycles. The molecule has 0 saturated carbocycles. The number of nitrogens with two attached hydrogens (primary N) is 1. The lowest BCUT2D eigenvalue weighted by Crippen LogP contribution is -2.34. The Hall–Kier alpha value is -1.49. The van der Waals surface area contributed by atoms with Crippen molar-refractivity contribution in [2.45, 2.75) is 26.3 Å². The van der Waals surface area contributed by atoms with E-state index in [1.165, 1.54) is 0 Å². The highest BCUT2D eigenvalue weighted by atomic mass is 16.5. The number of aryl methyl sites for hydroxylation is 1. The van der Waals surface area contributed by atoms with Gasteiger partial charge in [0.25, 0.3) is 5.91 Å². The number of hydrogen-bond donors (Lipinski definition) is 1. The second kappa shape index (κ2) is 5.91. The van der Waals surface area contributed by atoms with E-state index in [2.05, 4.69) is 6.92 Å². The molecule has 0 aromatic carbocycles. The van der Waals surface area contributed by atoms with Crippen LogP contribution in [0.2, 0.25) is 0 Å². The lowest BCUT2D eigenvalue weighted by Gasteiger charge is -2.20. The summed E-state index contributed by atoms with van der Waals surface area (Å²) in [4.78, 5) is 14.3. The smallest absolute Gasteiger partial charge is 0.270 e. The maximum atomic E-state index is 12.5. The number of nitrogens with zero attached hydrogens (tertiary/aromatic N) is 2. The van der Waals surface area contributed by atoms with E-state index in [4.69, 9.17) is 10.5 Å². The minimum Gasteiger partial charge on any atom is -0.397 e. The average Bonchev–Trinajstić information content (AvgIpc) is 2.57. The first-order valence-corrected chi connectivity index (χ1v) is 6.55. The van der Waals surface area contributed by atoms with Gasteiger partial charge in [-0.1, -0.05) is 6.92 Å². The minimum atomic E-state index is 0.0608. The van der Waals surface area contributed by atoms with Crippen LogP contribution in [0, 0.1) is 0 Å². The number of amides is 1. The quantitative estimate of drug-likeness (QED) is 0.882. The molecule has 1 aromatic rings. The Labute approximate surface area is 108 Å². The minimum absolute atomic E-state index is 0.0608. The number of hydrogen-bond acceptors (Lipinski definition) is 3. The van der Waals surface area contributed by atoms with Gasteiger partial charge in [0.2, 0.25) is 0 Å². The molecule has 0 spiro atoms. The third-order valence-corrected chi connectivity index (χ3v) is 3.11.